The van der Waals surface area contributed by atoms with Crippen LogP contribution in [0.1, 0.15) is 16.2 Å². The molecule has 1 saturated heterocycles. The van der Waals surface area contributed by atoms with Crippen molar-refractivity contribution in [3.63, 3.8) is 0 Å². The second kappa shape index (κ2) is 6.53. The lowest BCUT2D eigenvalue weighted by Crippen LogP contribution is -2.36. The summed E-state index contributed by atoms with van der Waals surface area (Å²) in [7, 11) is 0. The summed E-state index contributed by atoms with van der Waals surface area (Å²) in [5.41, 5.74) is 2.92. The fourth-order valence-electron chi connectivity index (χ4n) is 2.42. The van der Waals surface area contributed by atoms with Crippen LogP contribution in [0.25, 0.3) is 0 Å². The molecular formula is C16H18N4O2. The lowest BCUT2D eigenvalue weighted by molar-refractivity contribution is 0.102. The topological polar surface area (TPSA) is 67.4 Å². The predicted octanol–water partition coefficient (Wildman–Crippen LogP) is 1.87. The third-order valence-electron chi connectivity index (χ3n) is 3.54. The van der Waals surface area contributed by atoms with Gasteiger partial charge < -0.3 is 15.0 Å². The van der Waals surface area contributed by atoms with Gasteiger partial charge in [0.05, 0.1) is 24.6 Å². The van der Waals surface area contributed by atoms with Gasteiger partial charge >= 0.3 is 0 Å². The maximum Gasteiger partial charge on any atom is 0.274 e. The number of carbonyl (C=O) groups excluding carboxylic acids is 1. The molecule has 114 valence electrons. The maximum atomic E-state index is 12.4. The first-order valence-corrected chi connectivity index (χ1v) is 7.26. The monoisotopic (exact) mass is 298 g/mol. The number of nitrogens with zero attached hydrogens (tertiary/aromatic N) is 3. The van der Waals surface area contributed by atoms with E-state index < -0.39 is 0 Å². The minimum Gasteiger partial charge on any atom is -0.378 e. The standard InChI is InChI=1S/C16H18N4O2/c1-12-10-14(18-11-17-12)16(21)19-13-4-2-3-5-15(13)20-6-8-22-9-7-20/h2-5,10-11H,6-9H2,1H3,(H,19,21). The van der Waals surface area contributed by atoms with Crippen LogP contribution in [0.15, 0.2) is 36.7 Å². The number of anilines is 2. The molecule has 1 aromatic carbocycles. The van der Waals surface area contributed by atoms with Crippen molar-refractivity contribution >= 4 is 17.3 Å². The van der Waals surface area contributed by atoms with Gasteiger partial charge in [-0.15, -0.1) is 0 Å². The van der Waals surface area contributed by atoms with Gasteiger partial charge in [0.15, 0.2) is 0 Å². The van der Waals surface area contributed by atoms with Gasteiger partial charge in [0.25, 0.3) is 5.91 Å². The summed E-state index contributed by atoms with van der Waals surface area (Å²) in [6, 6.07) is 9.45. The van der Waals surface area contributed by atoms with Gasteiger partial charge in [-0.25, -0.2) is 9.97 Å². The molecule has 0 radical (unpaired) electrons. The first kappa shape index (κ1) is 14.5. The highest BCUT2D eigenvalue weighted by atomic mass is 16.5. The molecule has 0 unspecified atom stereocenters. The summed E-state index contributed by atoms with van der Waals surface area (Å²) in [4.78, 5) is 22.6. The van der Waals surface area contributed by atoms with Gasteiger partial charge in [-0.2, -0.15) is 0 Å². The van der Waals surface area contributed by atoms with Crippen LogP contribution < -0.4 is 10.2 Å². The Kier molecular flexibility index (Phi) is 4.29. The van der Waals surface area contributed by atoms with Gasteiger partial charge in [-0.1, -0.05) is 12.1 Å². The molecule has 1 aromatic heterocycles. The van der Waals surface area contributed by atoms with Crippen LogP contribution in [0.2, 0.25) is 0 Å². The number of para-hydroxylation sites is 2. The summed E-state index contributed by atoms with van der Waals surface area (Å²) in [5, 5.41) is 2.94. The van der Waals surface area contributed by atoms with Crippen molar-refractivity contribution < 1.29 is 9.53 Å². The number of aromatic nitrogens is 2. The number of rotatable bonds is 3. The molecule has 0 atom stereocenters. The molecule has 22 heavy (non-hydrogen) atoms. The Morgan fingerprint density at radius 2 is 2.00 bits per heavy atom. The number of hydrogen-bond acceptors (Lipinski definition) is 5. The van der Waals surface area contributed by atoms with Crippen molar-refractivity contribution in [3.8, 4) is 0 Å². The summed E-state index contributed by atoms with van der Waals surface area (Å²) >= 11 is 0. The van der Waals surface area contributed by atoms with Crippen molar-refractivity contribution in [2.24, 2.45) is 0 Å². The zero-order valence-electron chi connectivity index (χ0n) is 12.5. The average molecular weight is 298 g/mol. The molecule has 6 heteroatoms. The van der Waals surface area contributed by atoms with Crippen molar-refractivity contribution in [2.45, 2.75) is 6.92 Å². The highest BCUT2D eigenvalue weighted by Gasteiger charge is 2.16. The maximum absolute atomic E-state index is 12.4. The van der Waals surface area contributed by atoms with Crippen molar-refractivity contribution in [1.82, 2.24) is 9.97 Å². The SMILES string of the molecule is Cc1cc(C(=O)Nc2ccccc2N2CCOCC2)ncn1. The third kappa shape index (κ3) is 3.23. The summed E-state index contributed by atoms with van der Waals surface area (Å²) in [5.74, 6) is -0.230. The molecule has 2 aromatic rings. The molecule has 3 rings (SSSR count). The molecule has 1 amide bonds. The van der Waals surface area contributed by atoms with Crippen molar-refractivity contribution in [1.29, 1.82) is 0 Å². The number of carbonyl (C=O) groups is 1. The van der Waals surface area contributed by atoms with Crippen LogP contribution in [0.3, 0.4) is 0 Å². The number of nitrogens with one attached hydrogen (secondary N) is 1. The van der Waals surface area contributed by atoms with E-state index in [0.29, 0.717) is 18.9 Å². The smallest absolute Gasteiger partial charge is 0.274 e. The van der Waals surface area contributed by atoms with Gasteiger partial charge in [0, 0.05) is 18.8 Å². The zero-order valence-corrected chi connectivity index (χ0v) is 12.5. The quantitative estimate of drug-likeness (QED) is 0.937. The van der Waals surface area contributed by atoms with Gasteiger partial charge in [-0.3, -0.25) is 4.79 Å². The number of hydrogen-bond donors (Lipinski definition) is 1. The first-order chi connectivity index (χ1) is 10.7. The number of amides is 1. The summed E-state index contributed by atoms with van der Waals surface area (Å²) in [6.45, 7) is 4.87. The molecule has 1 aliphatic heterocycles. The van der Waals surface area contributed by atoms with Gasteiger partial charge in [-0.05, 0) is 25.1 Å². The van der Waals surface area contributed by atoms with Crippen LogP contribution >= 0.6 is 0 Å². The fraction of sp³-hybridized carbons (Fsp3) is 0.312. The van der Waals surface area contributed by atoms with E-state index in [1.165, 1.54) is 6.33 Å². The van der Waals surface area contributed by atoms with Gasteiger partial charge in [0.1, 0.15) is 12.0 Å². The van der Waals surface area contributed by atoms with Crippen molar-refractivity contribution in [2.75, 3.05) is 36.5 Å². The van der Waals surface area contributed by atoms with Crippen LogP contribution in [0, 0.1) is 6.92 Å². The molecule has 6 nitrogen and oxygen atoms in total. The highest BCUT2D eigenvalue weighted by molar-refractivity contribution is 6.04. The third-order valence-corrected chi connectivity index (χ3v) is 3.54. The summed E-state index contributed by atoms with van der Waals surface area (Å²) in [6.07, 6.45) is 1.40. The average Bonchev–Trinajstić information content (AvgIpc) is 2.56. The Morgan fingerprint density at radius 1 is 1.23 bits per heavy atom. The number of aryl methyl sites for hydroxylation is 1. The Bertz CT molecular complexity index is 669. The van der Waals surface area contributed by atoms with E-state index in [1.807, 2.05) is 31.2 Å². The van der Waals surface area contributed by atoms with Crippen molar-refractivity contribution in [3.05, 3.63) is 48.0 Å². The van der Waals surface area contributed by atoms with Crippen LogP contribution in [0.5, 0.6) is 0 Å². The lowest BCUT2D eigenvalue weighted by atomic mass is 10.2. The van der Waals surface area contributed by atoms with E-state index in [0.717, 1.165) is 30.2 Å². The fourth-order valence-corrected chi connectivity index (χ4v) is 2.42. The molecule has 0 aliphatic carbocycles. The second-order valence-electron chi connectivity index (χ2n) is 5.12. The molecule has 1 aliphatic rings. The number of benzene rings is 1. The van der Waals surface area contributed by atoms with E-state index in [-0.39, 0.29) is 5.91 Å². The number of morpholine rings is 1. The van der Waals surface area contributed by atoms with E-state index >= 15 is 0 Å². The van der Waals surface area contributed by atoms with E-state index in [9.17, 15) is 4.79 Å². The summed E-state index contributed by atoms with van der Waals surface area (Å²) < 4.78 is 5.38. The minimum absolute atomic E-state index is 0.230. The Balaban J connectivity index is 1.81. The molecule has 0 spiro atoms. The molecule has 0 saturated carbocycles. The van der Waals surface area contributed by atoms with Crippen LogP contribution in [-0.2, 0) is 4.74 Å². The van der Waals surface area contributed by atoms with Crippen LogP contribution in [0.4, 0.5) is 11.4 Å². The van der Waals surface area contributed by atoms with E-state index in [2.05, 4.69) is 20.2 Å². The predicted molar refractivity (Wildman–Crippen MR) is 84.2 cm³/mol. The Hall–Kier alpha value is -2.47. The molecule has 1 N–H and O–H groups in total. The molecule has 0 bridgehead atoms. The highest BCUT2D eigenvalue weighted by Crippen LogP contribution is 2.26. The molecular weight excluding hydrogens is 280 g/mol. The Morgan fingerprint density at radius 3 is 2.77 bits per heavy atom. The lowest BCUT2D eigenvalue weighted by Gasteiger charge is -2.30. The minimum atomic E-state index is -0.230. The second-order valence-corrected chi connectivity index (χ2v) is 5.12. The molecule has 2 heterocycles. The number of ether oxygens (including phenoxy) is 1. The largest absolute Gasteiger partial charge is 0.378 e. The van der Waals surface area contributed by atoms with Gasteiger partial charge in [0.2, 0.25) is 0 Å². The zero-order chi connectivity index (χ0) is 15.4. The first-order valence-electron chi connectivity index (χ1n) is 7.26. The Labute approximate surface area is 129 Å². The van der Waals surface area contributed by atoms with E-state index in [4.69, 9.17) is 4.74 Å². The van der Waals surface area contributed by atoms with Crippen LogP contribution in [-0.4, -0.2) is 42.2 Å². The molecule has 1 fully saturated rings. The van der Waals surface area contributed by atoms with E-state index in [1.54, 1.807) is 6.07 Å². The normalized spacial score (nSPS) is 14.7.